The van der Waals surface area contributed by atoms with Crippen molar-refractivity contribution in [1.29, 1.82) is 0 Å². The molecule has 0 radical (unpaired) electrons. The number of aliphatic carboxylic acids is 1. The summed E-state index contributed by atoms with van der Waals surface area (Å²) in [6, 6.07) is 6.94. The van der Waals surface area contributed by atoms with E-state index in [0.717, 1.165) is 0 Å². The number of hydrogen-bond donors (Lipinski definition) is 2. The molecule has 0 saturated heterocycles. The summed E-state index contributed by atoms with van der Waals surface area (Å²) in [5.41, 5.74) is -0.864. The zero-order valence-electron chi connectivity index (χ0n) is 12.4. The smallest absolute Gasteiger partial charge is 0.309 e. The molecule has 1 aliphatic carbocycles. The van der Waals surface area contributed by atoms with E-state index in [2.05, 4.69) is 5.32 Å². The summed E-state index contributed by atoms with van der Waals surface area (Å²) >= 11 is 5.90. The van der Waals surface area contributed by atoms with Crippen molar-refractivity contribution in [3.8, 4) is 0 Å². The lowest BCUT2D eigenvalue weighted by Crippen LogP contribution is -2.43. The average molecular weight is 310 g/mol. The van der Waals surface area contributed by atoms with E-state index >= 15 is 0 Å². The molecule has 2 rings (SSSR count). The second-order valence-corrected chi connectivity index (χ2v) is 6.89. The van der Waals surface area contributed by atoms with Crippen molar-refractivity contribution in [2.45, 2.75) is 33.6 Å². The Morgan fingerprint density at radius 3 is 2.52 bits per heavy atom. The van der Waals surface area contributed by atoms with Gasteiger partial charge in [-0.1, -0.05) is 31.5 Å². The quantitative estimate of drug-likeness (QED) is 0.892. The first-order valence-electron chi connectivity index (χ1n) is 6.98. The summed E-state index contributed by atoms with van der Waals surface area (Å²) < 4.78 is 0. The van der Waals surface area contributed by atoms with Gasteiger partial charge in [-0.05, 0) is 43.4 Å². The molecule has 2 N–H and O–H groups in total. The predicted octanol–water partition coefficient (Wildman–Crippen LogP) is 3.81. The number of carbonyl (C=O) groups is 2. The third-order valence-corrected chi connectivity index (χ3v) is 5.34. The van der Waals surface area contributed by atoms with Crippen molar-refractivity contribution < 1.29 is 14.7 Å². The van der Waals surface area contributed by atoms with E-state index in [1.54, 1.807) is 31.2 Å². The van der Waals surface area contributed by atoms with Crippen molar-refractivity contribution in [3.63, 3.8) is 0 Å². The van der Waals surface area contributed by atoms with Gasteiger partial charge in [0.2, 0.25) is 5.91 Å². The van der Waals surface area contributed by atoms with Crippen molar-refractivity contribution >= 4 is 29.2 Å². The summed E-state index contributed by atoms with van der Waals surface area (Å²) in [5, 5.41) is 12.9. The van der Waals surface area contributed by atoms with Gasteiger partial charge in [0.05, 0.1) is 5.41 Å². The van der Waals surface area contributed by atoms with E-state index in [0.29, 0.717) is 23.6 Å². The normalized spacial score (nSPS) is 27.3. The van der Waals surface area contributed by atoms with Crippen molar-refractivity contribution in [2.75, 3.05) is 5.32 Å². The number of carbonyl (C=O) groups excluding carboxylic acids is 1. The van der Waals surface area contributed by atoms with Gasteiger partial charge in [-0.2, -0.15) is 0 Å². The molecule has 1 aromatic rings. The lowest BCUT2D eigenvalue weighted by molar-refractivity contribution is -0.154. The summed E-state index contributed by atoms with van der Waals surface area (Å²) in [5.74, 6) is -1.32. The van der Waals surface area contributed by atoms with Crippen LogP contribution in [0.15, 0.2) is 24.3 Å². The number of carboxylic acids is 1. The Balaban J connectivity index is 2.19. The number of carboxylic acid groups (broad SMARTS) is 1. The molecule has 1 aliphatic rings. The minimum absolute atomic E-state index is 0.146. The van der Waals surface area contributed by atoms with Crippen LogP contribution in [0.25, 0.3) is 0 Å². The Hall–Kier alpha value is -1.55. The molecule has 21 heavy (non-hydrogen) atoms. The van der Waals surface area contributed by atoms with Crippen LogP contribution in [0.4, 0.5) is 5.69 Å². The zero-order chi connectivity index (χ0) is 15.8. The lowest BCUT2D eigenvalue weighted by atomic mass is 9.65. The summed E-state index contributed by atoms with van der Waals surface area (Å²) in [7, 11) is 0. The molecule has 5 heteroatoms. The van der Waals surface area contributed by atoms with Gasteiger partial charge in [-0.3, -0.25) is 9.59 Å². The van der Waals surface area contributed by atoms with Crippen LogP contribution < -0.4 is 5.32 Å². The molecule has 1 aromatic carbocycles. The number of rotatable bonds is 3. The van der Waals surface area contributed by atoms with E-state index in [1.165, 1.54) is 0 Å². The van der Waals surface area contributed by atoms with Crippen LogP contribution in [0.2, 0.25) is 5.02 Å². The van der Waals surface area contributed by atoms with Gasteiger partial charge in [-0.25, -0.2) is 0 Å². The number of hydrogen-bond acceptors (Lipinski definition) is 2. The van der Waals surface area contributed by atoms with Gasteiger partial charge in [0.25, 0.3) is 0 Å². The molecule has 0 heterocycles. The minimum atomic E-state index is -0.886. The summed E-state index contributed by atoms with van der Waals surface area (Å²) in [4.78, 5) is 24.1. The van der Waals surface area contributed by atoms with Gasteiger partial charge in [0.15, 0.2) is 0 Å². The Bertz CT molecular complexity index is 585. The molecule has 0 unspecified atom stereocenters. The van der Waals surface area contributed by atoms with Gasteiger partial charge in [0.1, 0.15) is 0 Å². The van der Waals surface area contributed by atoms with Crippen molar-refractivity contribution in [2.24, 2.45) is 16.7 Å². The van der Waals surface area contributed by atoms with Gasteiger partial charge in [-0.15, -0.1) is 0 Å². The predicted molar refractivity (Wildman–Crippen MR) is 82.3 cm³/mol. The third-order valence-electron chi connectivity index (χ3n) is 5.11. The van der Waals surface area contributed by atoms with E-state index < -0.39 is 16.8 Å². The van der Waals surface area contributed by atoms with E-state index in [-0.39, 0.29) is 11.8 Å². The zero-order valence-corrected chi connectivity index (χ0v) is 13.2. The standard InChI is InChI=1S/C16H20ClNO3/c1-15(2)12(7-8-16(15,3)14(20)21)13(19)18-11-6-4-5-10(17)9-11/h4-6,9,12H,7-8H2,1-3H3,(H,18,19)(H,20,21)/t12-,16+/m0/s1. The molecular weight excluding hydrogens is 290 g/mol. The molecular formula is C16H20ClNO3. The van der Waals surface area contributed by atoms with Gasteiger partial charge in [0, 0.05) is 16.6 Å². The molecule has 1 amide bonds. The van der Waals surface area contributed by atoms with Crippen LogP contribution >= 0.6 is 11.6 Å². The van der Waals surface area contributed by atoms with Crippen molar-refractivity contribution in [1.82, 2.24) is 0 Å². The summed E-state index contributed by atoms with van der Waals surface area (Å²) in [6.07, 6.45) is 1.07. The van der Waals surface area contributed by atoms with Crippen LogP contribution in [0.3, 0.4) is 0 Å². The van der Waals surface area contributed by atoms with Crippen LogP contribution in [-0.4, -0.2) is 17.0 Å². The van der Waals surface area contributed by atoms with Crippen LogP contribution in [-0.2, 0) is 9.59 Å². The molecule has 0 aliphatic heterocycles. The Morgan fingerprint density at radius 2 is 2.00 bits per heavy atom. The van der Waals surface area contributed by atoms with Gasteiger partial charge < -0.3 is 10.4 Å². The average Bonchev–Trinajstić information content (AvgIpc) is 2.61. The Morgan fingerprint density at radius 1 is 1.33 bits per heavy atom. The highest BCUT2D eigenvalue weighted by molar-refractivity contribution is 6.30. The molecule has 4 nitrogen and oxygen atoms in total. The number of nitrogens with one attached hydrogen (secondary N) is 1. The molecule has 1 saturated carbocycles. The van der Waals surface area contributed by atoms with Crippen LogP contribution in [0.1, 0.15) is 33.6 Å². The molecule has 2 atom stereocenters. The molecule has 114 valence electrons. The maximum Gasteiger partial charge on any atom is 0.309 e. The first-order chi connectivity index (χ1) is 9.68. The number of anilines is 1. The number of benzene rings is 1. The van der Waals surface area contributed by atoms with E-state index in [1.807, 2.05) is 13.8 Å². The topological polar surface area (TPSA) is 66.4 Å². The summed E-state index contributed by atoms with van der Waals surface area (Å²) in [6.45, 7) is 5.44. The van der Waals surface area contributed by atoms with Crippen LogP contribution in [0.5, 0.6) is 0 Å². The van der Waals surface area contributed by atoms with Crippen molar-refractivity contribution in [3.05, 3.63) is 29.3 Å². The Labute approximate surface area is 129 Å². The lowest BCUT2D eigenvalue weighted by Gasteiger charge is -2.37. The Kier molecular flexibility index (Phi) is 4.02. The third kappa shape index (κ3) is 2.64. The molecule has 0 spiro atoms. The highest BCUT2D eigenvalue weighted by atomic mass is 35.5. The molecule has 0 bridgehead atoms. The number of amides is 1. The highest BCUT2D eigenvalue weighted by Crippen LogP contribution is 2.56. The second kappa shape index (κ2) is 5.34. The molecule has 0 aromatic heterocycles. The maximum absolute atomic E-state index is 12.5. The van der Waals surface area contributed by atoms with E-state index in [4.69, 9.17) is 11.6 Å². The fourth-order valence-corrected chi connectivity index (χ4v) is 3.33. The van der Waals surface area contributed by atoms with Gasteiger partial charge >= 0.3 is 5.97 Å². The second-order valence-electron chi connectivity index (χ2n) is 6.45. The highest BCUT2D eigenvalue weighted by Gasteiger charge is 2.58. The fourth-order valence-electron chi connectivity index (χ4n) is 3.14. The largest absolute Gasteiger partial charge is 0.481 e. The SMILES string of the molecule is CC1(C)[C@H](C(=O)Nc2cccc(Cl)c2)CC[C@]1(C)C(=O)O. The first-order valence-corrected chi connectivity index (χ1v) is 7.36. The number of halogens is 1. The monoisotopic (exact) mass is 309 g/mol. The van der Waals surface area contributed by atoms with E-state index in [9.17, 15) is 14.7 Å². The maximum atomic E-state index is 12.5. The molecule has 1 fully saturated rings. The van der Waals surface area contributed by atoms with Crippen LogP contribution in [0, 0.1) is 16.7 Å². The first kappa shape index (κ1) is 15.8. The minimum Gasteiger partial charge on any atom is -0.481 e. The fraction of sp³-hybridized carbons (Fsp3) is 0.500.